The summed E-state index contributed by atoms with van der Waals surface area (Å²) in [5.41, 5.74) is 1.43. The Morgan fingerprint density at radius 2 is 2.04 bits per heavy atom. The predicted octanol–water partition coefficient (Wildman–Crippen LogP) is 4.19. The Bertz CT molecular complexity index is 787. The van der Waals surface area contributed by atoms with Crippen molar-refractivity contribution in [3.63, 3.8) is 0 Å². The monoisotopic (exact) mass is 361 g/mol. The van der Waals surface area contributed by atoms with E-state index in [0.717, 1.165) is 11.1 Å². The van der Waals surface area contributed by atoms with Crippen molar-refractivity contribution in [3.8, 4) is 0 Å². The first-order valence-electron chi connectivity index (χ1n) is 7.73. The van der Waals surface area contributed by atoms with Crippen LogP contribution in [0.15, 0.2) is 30.6 Å². The lowest BCUT2D eigenvalue weighted by Crippen LogP contribution is -2.37. The van der Waals surface area contributed by atoms with E-state index in [4.69, 9.17) is 16.3 Å². The normalized spacial score (nSPS) is 11.1. The number of amides is 1. The van der Waals surface area contributed by atoms with Gasteiger partial charge in [-0.05, 0) is 57.0 Å². The summed E-state index contributed by atoms with van der Waals surface area (Å²) in [7, 11) is 0. The van der Waals surface area contributed by atoms with Gasteiger partial charge in [0.1, 0.15) is 16.6 Å². The van der Waals surface area contributed by atoms with Crippen molar-refractivity contribution in [3.05, 3.63) is 52.4 Å². The van der Waals surface area contributed by atoms with Gasteiger partial charge in [-0.15, -0.1) is 0 Å². The highest BCUT2D eigenvalue weighted by Gasteiger charge is 2.25. The highest BCUT2D eigenvalue weighted by Crippen LogP contribution is 2.23. The number of rotatable bonds is 4. The minimum atomic E-state index is -0.661. The van der Waals surface area contributed by atoms with Gasteiger partial charge in [0.05, 0.1) is 12.1 Å². The highest BCUT2D eigenvalue weighted by molar-refractivity contribution is 6.31. The summed E-state index contributed by atoms with van der Waals surface area (Å²) in [5.74, 6) is 0.299. The van der Waals surface area contributed by atoms with E-state index >= 15 is 0 Å². The molecule has 0 fully saturated rings. The van der Waals surface area contributed by atoms with Crippen LogP contribution in [0.1, 0.15) is 42.3 Å². The van der Waals surface area contributed by atoms with Crippen LogP contribution in [0.4, 0.5) is 10.6 Å². The number of carbonyl (C=O) groups excluding carboxylic acids is 2. The second kappa shape index (κ2) is 7.61. The Morgan fingerprint density at radius 3 is 2.60 bits per heavy atom. The van der Waals surface area contributed by atoms with E-state index in [-0.39, 0.29) is 17.3 Å². The lowest BCUT2D eigenvalue weighted by Gasteiger charge is -2.27. The number of aromatic nitrogens is 2. The molecule has 6 nitrogen and oxygen atoms in total. The van der Waals surface area contributed by atoms with Gasteiger partial charge in [-0.3, -0.25) is 14.7 Å². The number of nitrogens with zero attached hydrogens (tertiary/aromatic N) is 3. The molecule has 132 valence electrons. The number of hydrogen-bond donors (Lipinski definition) is 0. The zero-order chi connectivity index (χ0) is 18.6. The van der Waals surface area contributed by atoms with Crippen molar-refractivity contribution in [1.82, 2.24) is 9.97 Å². The van der Waals surface area contributed by atoms with Crippen LogP contribution in [0.2, 0.25) is 5.15 Å². The van der Waals surface area contributed by atoms with E-state index in [1.165, 1.54) is 11.0 Å². The van der Waals surface area contributed by atoms with Crippen LogP contribution < -0.4 is 4.90 Å². The number of carbonyl (C=O) groups is 2. The van der Waals surface area contributed by atoms with Crippen LogP contribution >= 0.6 is 11.6 Å². The van der Waals surface area contributed by atoms with Crippen LogP contribution in [0.25, 0.3) is 0 Å². The van der Waals surface area contributed by atoms with E-state index in [0.29, 0.717) is 12.1 Å². The fourth-order valence-corrected chi connectivity index (χ4v) is 2.26. The quantitative estimate of drug-likeness (QED) is 0.603. The first kappa shape index (κ1) is 18.9. The average molecular weight is 362 g/mol. The number of hydrogen-bond acceptors (Lipinski definition) is 5. The topological polar surface area (TPSA) is 72.4 Å². The SMILES string of the molecule is Cc1ccncc1CN(C(=O)OC(C)(C)C)c1ccc(C=O)c(Cl)n1. The molecule has 2 heterocycles. The fourth-order valence-electron chi connectivity index (χ4n) is 2.06. The number of ether oxygens (including phenoxy) is 1. The van der Waals surface area contributed by atoms with E-state index in [9.17, 15) is 9.59 Å². The number of halogens is 1. The van der Waals surface area contributed by atoms with Gasteiger partial charge in [0.15, 0.2) is 6.29 Å². The summed E-state index contributed by atoms with van der Waals surface area (Å²) in [4.78, 5) is 33.2. The molecule has 0 aliphatic rings. The van der Waals surface area contributed by atoms with E-state index in [1.807, 2.05) is 13.0 Å². The van der Waals surface area contributed by atoms with Gasteiger partial charge in [0, 0.05) is 12.4 Å². The molecule has 0 spiro atoms. The molecule has 0 aromatic carbocycles. The van der Waals surface area contributed by atoms with Crippen molar-refractivity contribution in [1.29, 1.82) is 0 Å². The number of aryl methyl sites for hydroxylation is 1. The summed E-state index contributed by atoms with van der Waals surface area (Å²) in [6.07, 6.45) is 3.43. The number of aldehydes is 1. The molecular formula is C18H20ClN3O3. The van der Waals surface area contributed by atoms with Crippen LogP contribution in [0.3, 0.4) is 0 Å². The standard InChI is InChI=1S/C18H20ClN3O3/c1-12-7-8-20-9-14(12)10-22(17(24)25-18(2,3)4)15-6-5-13(11-23)16(19)21-15/h5-9,11H,10H2,1-4H3. The number of anilines is 1. The molecular weight excluding hydrogens is 342 g/mol. The third-order valence-corrected chi connectivity index (χ3v) is 3.66. The summed E-state index contributed by atoms with van der Waals surface area (Å²) >= 11 is 6.01. The smallest absolute Gasteiger partial charge is 0.416 e. The third-order valence-electron chi connectivity index (χ3n) is 3.36. The van der Waals surface area contributed by atoms with E-state index in [2.05, 4.69) is 9.97 Å². The van der Waals surface area contributed by atoms with E-state index < -0.39 is 11.7 Å². The first-order valence-corrected chi connectivity index (χ1v) is 8.11. The molecule has 7 heteroatoms. The van der Waals surface area contributed by atoms with Crippen molar-refractivity contribution >= 4 is 29.8 Å². The van der Waals surface area contributed by atoms with Crippen LogP contribution in [-0.4, -0.2) is 27.9 Å². The predicted molar refractivity (Wildman–Crippen MR) is 96.0 cm³/mol. The molecule has 0 aliphatic heterocycles. The zero-order valence-electron chi connectivity index (χ0n) is 14.6. The molecule has 0 bridgehead atoms. The lowest BCUT2D eigenvalue weighted by atomic mass is 10.1. The average Bonchev–Trinajstić information content (AvgIpc) is 2.52. The molecule has 1 amide bonds. The van der Waals surface area contributed by atoms with Crippen LogP contribution in [0, 0.1) is 6.92 Å². The Balaban J connectivity index is 2.41. The molecule has 2 aromatic heterocycles. The van der Waals surface area contributed by atoms with Gasteiger partial charge in [-0.25, -0.2) is 9.78 Å². The number of pyridine rings is 2. The Hall–Kier alpha value is -2.47. The van der Waals surface area contributed by atoms with Gasteiger partial charge in [0.25, 0.3) is 0 Å². The van der Waals surface area contributed by atoms with Gasteiger partial charge in [-0.1, -0.05) is 11.6 Å². The lowest BCUT2D eigenvalue weighted by molar-refractivity contribution is 0.0576. The molecule has 2 rings (SSSR count). The molecule has 25 heavy (non-hydrogen) atoms. The second-order valence-electron chi connectivity index (χ2n) is 6.54. The van der Waals surface area contributed by atoms with Crippen LogP contribution in [0.5, 0.6) is 0 Å². The van der Waals surface area contributed by atoms with Crippen molar-refractivity contribution in [2.45, 2.75) is 39.8 Å². The molecule has 0 unspecified atom stereocenters. The third kappa shape index (κ3) is 5.00. The van der Waals surface area contributed by atoms with Gasteiger partial charge in [0.2, 0.25) is 0 Å². The molecule has 0 aliphatic carbocycles. The van der Waals surface area contributed by atoms with Crippen molar-refractivity contribution < 1.29 is 14.3 Å². The Morgan fingerprint density at radius 1 is 1.32 bits per heavy atom. The Labute approximate surface area is 151 Å². The minimum absolute atomic E-state index is 0.0315. The van der Waals surface area contributed by atoms with Gasteiger partial charge < -0.3 is 4.74 Å². The molecule has 0 atom stereocenters. The summed E-state index contributed by atoms with van der Waals surface area (Å²) in [6.45, 7) is 7.51. The maximum absolute atomic E-state index is 12.7. The van der Waals surface area contributed by atoms with Gasteiger partial charge >= 0.3 is 6.09 Å². The van der Waals surface area contributed by atoms with Crippen LogP contribution in [-0.2, 0) is 11.3 Å². The largest absolute Gasteiger partial charge is 0.443 e. The molecule has 0 saturated carbocycles. The summed E-state index contributed by atoms with van der Waals surface area (Å²) in [6, 6.07) is 4.94. The maximum Gasteiger partial charge on any atom is 0.416 e. The van der Waals surface area contributed by atoms with Crippen molar-refractivity contribution in [2.24, 2.45) is 0 Å². The van der Waals surface area contributed by atoms with E-state index in [1.54, 1.807) is 39.2 Å². The second-order valence-corrected chi connectivity index (χ2v) is 6.89. The molecule has 0 saturated heterocycles. The molecule has 2 aromatic rings. The molecule has 0 radical (unpaired) electrons. The first-order chi connectivity index (χ1) is 11.7. The summed E-state index contributed by atoms with van der Waals surface area (Å²) < 4.78 is 5.48. The maximum atomic E-state index is 12.7. The minimum Gasteiger partial charge on any atom is -0.443 e. The van der Waals surface area contributed by atoms with Gasteiger partial charge in [-0.2, -0.15) is 0 Å². The summed E-state index contributed by atoms with van der Waals surface area (Å²) in [5, 5.41) is 0.0315. The van der Waals surface area contributed by atoms with Crippen molar-refractivity contribution in [2.75, 3.05) is 4.90 Å². The fraction of sp³-hybridized carbons (Fsp3) is 0.333. The zero-order valence-corrected chi connectivity index (χ0v) is 15.4. The highest BCUT2D eigenvalue weighted by atomic mass is 35.5. The molecule has 0 N–H and O–H groups in total. The Kier molecular flexibility index (Phi) is 5.74.